The van der Waals surface area contributed by atoms with Crippen LogP contribution in [0.4, 0.5) is 9.18 Å². The zero-order valence-electron chi connectivity index (χ0n) is 15.5. The van der Waals surface area contributed by atoms with Crippen LogP contribution in [0.2, 0.25) is 0 Å². The summed E-state index contributed by atoms with van der Waals surface area (Å²) in [7, 11) is 1.57. The van der Waals surface area contributed by atoms with Crippen LogP contribution in [0.25, 0.3) is 0 Å². The fraction of sp³-hybridized carbons (Fsp3) is 0.556. The van der Waals surface area contributed by atoms with E-state index in [1.54, 1.807) is 18.1 Å². The van der Waals surface area contributed by atoms with Crippen LogP contribution in [-0.2, 0) is 11.3 Å². The minimum Gasteiger partial charge on any atom is -0.496 e. The van der Waals surface area contributed by atoms with Crippen molar-refractivity contribution in [2.75, 3.05) is 33.3 Å². The average Bonchev–Trinajstić information content (AvgIpc) is 2.59. The van der Waals surface area contributed by atoms with Crippen molar-refractivity contribution in [3.8, 4) is 5.75 Å². The quantitative estimate of drug-likeness (QED) is 0.648. The molecule has 1 aliphatic heterocycles. The van der Waals surface area contributed by atoms with Crippen LogP contribution in [0.3, 0.4) is 0 Å². The Morgan fingerprint density at radius 3 is 2.54 bits per heavy atom. The van der Waals surface area contributed by atoms with Crippen LogP contribution in [0.1, 0.15) is 19.4 Å². The SMILES string of the molecule is COc1ccc(F)cc1C[NH+]1CCN(C(=O)[C@@H](NC(N)=O)C(C)C)CC1. The van der Waals surface area contributed by atoms with E-state index in [1.807, 2.05) is 13.8 Å². The van der Waals surface area contributed by atoms with E-state index in [9.17, 15) is 14.0 Å². The van der Waals surface area contributed by atoms with Gasteiger partial charge in [0.25, 0.3) is 0 Å². The van der Waals surface area contributed by atoms with Gasteiger partial charge in [0.2, 0.25) is 5.91 Å². The number of nitrogens with two attached hydrogens (primary N) is 1. The Morgan fingerprint density at radius 1 is 1.35 bits per heavy atom. The zero-order chi connectivity index (χ0) is 19.3. The number of carbonyl (C=O) groups excluding carboxylic acids is 2. The van der Waals surface area contributed by atoms with Crippen molar-refractivity contribution in [1.82, 2.24) is 10.2 Å². The van der Waals surface area contributed by atoms with Crippen LogP contribution in [0, 0.1) is 11.7 Å². The van der Waals surface area contributed by atoms with Crippen molar-refractivity contribution in [3.63, 3.8) is 0 Å². The van der Waals surface area contributed by atoms with E-state index in [0.717, 1.165) is 18.7 Å². The normalized spacial score (nSPS) is 16.4. The lowest BCUT2D eigenvalue weighted by atomic mass is 10.0. The Morgan fingerprint density at radius 2 is 2.00 bits per heavy atom. The summed E-state index contributed by atoms with van der Waals surface area (Å²) in [4.78, 5) is 26.8. The number of primary amides is 1. The second kappa shape index (κ2) is 8.84. The second-order valence-corrected chi connectivity index (χ2v) is 6.94. The lowest BCUT2D eigenvalue weighted by Gasteiger charge is -2.35. The summed E-state index contributed by atoms with van der Waals surface area (Å²) in [6, 6.07) is 3.20. The third-order valence-corrected chi connectivity index (χ3v) is 4.70. The molecule has 1 aromatic rings. The molecule has 0 spiro atoms. The van der Waals surface area contributed by atoms with Gasteiger partial charge in [0.05, 0.1) is 38.9 Å². The highest BCUT2D eigenvalue weighted by Gasteiger charge is 2.31. The van der Waals surface area contributed by atoms with Crippen molar-refractivity contribution >= 4 is 11.9 Å². The van der Waals surface area contributed by atoms with Gasteiger partial charge in [-0.1, -0.05) is 13.8 Å². The highest BCUT2D eigenvalue weighted by molar-refractivity contribution is 5.86. The molecule has 1 aromatic carbocycles. The van der Waals surface area contributed by atoms with Crippen molar-refractivity contribution < 1.29 is 23.6 Å². The number of nitrogens with one attached hydrogen (secondary N) is 2. The number of halogens is 1. The molecule has 1 heterocycles. The molecule has 8 heteroatoms. The van der Waals surface area contributed by atoms with Gasteiger partial charge < -0.3 is 25.6 Å². The maximum Gasteiger partial charge on any atom is 0.312 e. The Kier molecular flexibility index (Phi) is 6.79. The molecule has 0 radical (unpaired) electrons. The highest BCUT2D eigenvalue weighted by atomic mass is 19.1. The van der Waals surface area contributed by atoms with E-state index < -0.39 is 12.1 Å². The van der Waals surface area contributed by atoms with Crippen molar-refractivity contribution in [1.29, 1.82) is 0 Å². The number of nitrogens with zero attached hydrogens (tertiary/aromatic N) is 1. The van der Waals surface area contributed by atoms with Gasteiger partial charge in [-0.3, -0.25) is 4.79 Å². The van der Waals surface area contributed by atoms with Gasteiger partial charge >= 0.3 is 6.03 Å². The van der Waals surface area contributed by atoms with Gasteiger partial charge in [0.1, 0.15) is 24.2 Å². The fourth-order valence-corrected chi connectivity index (χ4v) is 3.24. The third kappa shape index (κ3) is 5.08. The van der Waals surface area contributed by atoms with Crippen LogP contribution in [0.15, 0.2) is 18.2 Å². The Labute approximate surface area is 153 Å². The van der Waals surface area contributed by atoms with E-state index >= 15 is 0 Å². The van der Waals surface area contributed by atoms with Crippen LogP contribution in [0.5, 0.6) is 5.75 Å². The number of urea groups is 1. The van der Waals surface area contributed by atoms with Crippen molar-refractivity contribution in [2.45, 2.75) is 26.4 Å². The van der Waals surface area contributed by atoms with E-state index in [2.05, 4.69) is 5.32 Å². The first-order valence-electron chi connectivity index (χ1n) is 8.82. The number of piperazine rings is 1. The molecule has 1 aliphatic rings. The number of hydrogen-bond donors (Lipinski definition) is 3. The maximum atomic E-state index is 13.5. The second-order valence-electron chi connectivity index (χ2n) is 6.94. The standard InChI is InChI=1S/C18H27FN4O3/c1-12(2)16(21-18(20)25)17(24)23-8-6-22(7-9-23)11-13-10-14(19)4-5-15(13)26-3/h4-5,10,12,16H,6-9,11H2,1-3H3,(H3,20,21,25)/p+1/t16-/m0/s1. The van der Waals surface area contributed by atoms with Gasteiger partial charge in [-0.15, -0.1) is 0 Å². The number of quaternary nitrogens is 1. The molecule has 3 amide bonds. The molecule has 4 N–H and O–H groups in total. The fourth-order valence-electron chi connectivity index (χ4n) is 3.24. The van der Waals surface area contributed by atoms with Gasteiger partial charge in [0.15, 0.2) is 0 Å². The first-order chi connectivity index (χ1) is 12.3. The zero-order valence-corrected chi connectivity index (χ0v) is 15.5. The van der Waals surface area contributed by atoms with E-state index in [1.165, 1.54) is 17.0 Å². The molecule has 0 unspecified atom stereocenters. The average molecular weight is 367 g/mol. The summed E-state index contributed by atoms with van der Waals surface area (Å²) >= 11 is 0. The molecule has 1 fully saturated rings. The number of amides is 3. The minimum atomic E-state index is -0.695. The number of methoxy groups -OCH3 is 1. The number of benzene rings is 1. The van der Waals surface area contributed by atoms with E-state index in [0.29, 0.717) is 25.4 Å². The molecule has 0 bridgehead atoms. The van der Waals surface area contributed by atoms with Gasteiger partial charge in [-0.25, -0.2) is 9.18 Å². The number of hydrogen-bond acceptors (Lipinski definition) is 3. The van der Waals surface area contributed by atoms with Gasteiger partial charge in [0, 0.05) is 0 Å². The molecular formula is C18H28FN4O3+. The molecule has 0 aliphatic carbocycles. The molecule has 2 rings (SSSR count). The third-order valence-electron chi connectivity index (χ3n) is 4.70. The summed E-state index contributed by atoms with van der Waals surface area (Å²) in [5, 5.41) is 2.53. The first-order valence-corrected chi connectivity index (χ1v) is 8.82. The molecule has 0 aromatic heterocycles. The van der Waals surface area contributed by atoms with E-state index in [4.69, 9.17) is 10.5 Å². The number of carbonyl (C=O) groups is 2. The molecule has 1 atom stereocenters. The molecule has 0 saturated carbocycles. The van der Waals surface area contributed by atoms with Gasteiger partial charge in [-0.05, 0) is 24.1 Å². The maximum absolute atomic E-state index is 13.5. The molecule has 7 nitrogen and oxygen atoms in total. The Bertz CT molecular complexity index is 645. The molecule has 144 valence electrons. The molecule has 26 heavy (non-hydrogen) atoms. The lowest BCUT2D eigenvalue weighted by Crippen LogP contribution is -3.13. The van der Waals surface area contributed by atoms with E-state index in [-0.39, 0.29) is 17.6 Å². The smallest absolute Gasteiger partial charge is 0.312 e. The minimum absolute atomic E-state index is 0.0445. The summed E-state index contributed by atoms with van der Waals surface area (Å²) in [5.74, 6) is 0.229. The van der Waals surface area contributed by atoms with Crippen LogP contribution in [-0.4, -0.2) is 56.2 Å². The van der Waals surface area contributed by atoms with Crippen LogP contribution >= 0.6 is 0 Å². The lowest BCUT2D eigenvalue weighted by molar-refractivity contribution is -0.917. The molecule has 1 saturated heterocycles. The molecular weight excluding hydrogens is 339 g/mol. The highest BCUT2D eigenvalue weighted by Crippen LogP contribution is 2.18. The Hall–Kier alpha value is -2.35. The summed E-state index contributed by atoms with van der Waals surface area (Å²) < 4.78 is 18.8. The van der Waals surface area contributed by atoms with Gasteiger partial charge in [-0.2, -0.15) is 0 Å². The summed E-state index contributed by atoms with van der Waals surface area (Å²) in [5.41, 5.74) is 6.00. The Balaban J connectivity index is 1.95. The predicted octanol–water partition coefficient (Wildman–Crippen LogP) is -0.246. The van der Waals surface area contributed by atoms with Crippen LogP contribution < -0.4 is 20.7 Å². The summed E-state index contributed by atoms with van der Waals surface area (Å²) in [6.07, 6.45) is 0. The first kappa shape index (κ1) is 20.0. The number of ether oxygens (including phenoxy) is 1. The predicted molar refractivity (Wildman–Crippen MR) is 95.3 cm³/mol. The van der Waals surface area contributed by atoms with Crippen molar-refractivity contribution in [2.24, 2.45) is 11.7 Å². The largest absolute Gasteiger partial charge is 0.496 e. The topological polar surface area (TPSA) is 89.1 Å². The number of rotatable bonds is 6. The summed E-state index contributed by atoms with van der Waals surface area (Å²) in [6.45, 7) is 7.02. The van der Waals surface area contributed by atoms with Crippen molar-refractivity contribution in [3.05, 3.63) is 29.6 Å². The monoisotopic (exact) mass is 367 g/mol.